The number of alkyl carbamates (subject to hydrolysis) is 1. The van der Waals surface area contributed by atoms with Gasteiger partial charge in [-0.3, -0.25) is 0 Å². The number of nitrogens with one attached hydrogen (secondary N) is 1. The molecule has 1 atom stereocenters. The highest BCUT2D eigenvalue weighted by Crippen LogP contribution is 2.30. The summed E-state index contributed by atoms with van der Waals surface area (Å²) >= 11 is 0. The van der Waals surface area contributed by atoms with Crippen LogP contribution in [0.3, 0.4) is 0 Å². The number of methoxy groups -OCH3 is 2. The van der Waals surface area contributed by atoms with Crippen LogP contribution in [0.2, 0.25) is 0 Å². The van der Waals surface area contributed by atoms with Gasteiger partial charge in [-0.05, 0) is 12.1 Å². The van der Waals surface area contributed by atoms with E-state index in [0.717, 1.165) is 5.56 Å². The lowest BCUT2D eigenvalue weighted by Gasteiger charge is -2.18. The first-order valence-corrected chi connectivity index (χ1v) is 6.05. The first-order valence-electron chi connectivity index (χ1n) is 6.05. The number of carbonyl (C=O) groups is 1. The molecule has 1 aromatic carbocycles. The standard InChI is InChI=1S/C15H19NO4/c1-5-9-20-14-10-11(18-3)7-8-12(14)13(6-2)16-15(17)19-4/h5-8,10,13H,1-2,9H2,3-4H3,(H,16,17). The zero-order valence-corrected chi connectivity index (χ0v) is 11.7. The molecule has 0 aliphatic carbocycles. The van der Waals surface area contributed by atoms with Gasteiger partial charge in [-0.1, -0.05) is 18.7 Å². The highest BCUT2D eigenvalue weighted by molar-refractivity contribution is 5.68. The highest BCUT2D eigenvalue weighted by atomic mass is 16.5. The summed E-state index contributed by atoms with van der Waals surface area (Å²) in [5, 5.41) is 2.66. The van der Waals surface area contributed by atoms with Gasteiger partial charge in [0.2, 0.25) is 0 Å². The summed E-state index contributed by atoms with van der Waals surface area (Å²) in [6.45, 7) is 7.67. The van der Waals surface area contributed by atoms with Crippen molar-refractivity contribution in [2.45, 2.75) is 6.04 Å². The second-order valence-electron chi connectivity index (χ2n) is 3.85. The van der Waals surface area contributed by atoms with Crippen molar-refractivity contribution in [1.82, 2.24) is 5.32 Å². The SMILES string of the molecule is C=CCOc1cc(OC)ccc1C(C=C)NC(=O)OC. The maximum absolute atomic E-state index is 11.3. The first kappa shape index (κ1) is 15.6. The fourth-order valence-corrected chi connectivity index (χ4v) is 1.62. The minimum Gasteiger partial charge on any atom is -0.497 e. The number of hydrogen-bond donors (Lipinski definition) is 1. The van der Waals surface area contributed by atoms with Gasteiger partial charge in [0.05, 0.1) is 20.3 Å². The Labute approximate surface area is 118 Å². The Morgan fingerprint density at radius 3 is 2.70 bits per heavy atom. The Morgan fingerprint density at radius 2 is 2.15 bits per heavy atom. The van der Waals surface area contributed by atoms with Crippen molar-refractivity contribution < 1.29 is 19.0 Å². The minimum absolute atomic E-state index is 0.349. The summed E-state index contributed by atoms with van der Waals surface area (Å²) in [5.41, 5.74) is 0.757. The summed E-state index contributed by atoms with van der Waals surface area (Å²) in [6.07, 6.45) is 2.69. The number of hydrogen-bond acceptors (Lipinski definition) is 4. The number of benzene rings is 1. The van der Waals surface area contributed by atoms with Gasteiger partial charge >= 0.3 is 6.09 Å². The normalized spacial score (nSPS) is 11.1. The molecule has 0 fully saturated rings. The van der Waals surface area contributed by atoms with Crippen LogP contribution < -0.4 is 14.8 Å². The van der Waals surface area contributed by atoms with Crippen molar-refractivity contribution in [3.8, 4) is 11.5 Å². The number of carbonyl (C=O) groups excluding carboxylic acids is 1. The Bertz CT molecular complexity index is 485. The molecule has 0 aliphatic heterocycles. The smallest absolute Gasteiger partial charge is 0.407 e. The summed E-state index contributed by atoms with van der Waals surface area (Å²) in [7, 11) is 2.88. The monoisotopic (exact) mass is 277 g/mol. The molecule has 5 heteroatoms. The average molecular weight is 277 g/mol. The molecule has 0 aromatic heterocycles. The molecule has 1 N–H and O–H groups in total. The molecular weight excluding hydrogens is 258 g/mol. The Balaban J connectivity index is 3.08. The summed E-state index contributed by atoms with van der Waals surface area (Å²) in [6, 6.07) is 4.91. The molecule has 0 radical (unpaired) electrons. The first-order chi connectivity index (χ1) is 9.65. The molecule has 0 saturated heterocycles. The van der Waals surface area contributed by atoms with Crippen LogP contribution in [-0.2, 0) is 4.74 Å². The summed E-state index contributed by atoms with van der Waals surface area (Å²) < 4.78 is 15.3. The molecule has 0 heterocycles. The zero-order valence-electron chi connectivity index (χ0n) is 11.7. The van der Waals surface area contributed by atoms with Crippen molar-refractivity contribution in [1.29, 1.82) is 0 Å². The third-order valence-electron chi connectivity index (χ3n) is 2.61. The van der Waals surface area contributed by atoms with E-state index in [1.807, 2.05) is 0 Å². The molecule has 1 aromatic rings. The van der Waals surface area contributed by atoms with Crippen molar-refractivity contribution in [2.24, 2.45) is 0 Å². The third kappa shape index (κ3) is 4.05. The van der Waals surface area contributed by atoms with Gasteiger partial charge in [0, 0.05) is 11.6 Å². The third-order valence-corrected chi connectivity index (χ3v) is 2.61. The highest BCUT2D eigenvalue weighted by Gasteiger charge is 2.16. The average Bonchev–Trinajstić information content (AvgIpc) is 2.50. The van der Waals surface area contributed by atoms with Crippen molar-refractivity contribution in [2.75, 3.05) is 20.8 Å². The molecule has 108 valence electrons. The van der Waals surface area contributed by atoms with E-state index in [1.54, 1.807) is 37.5 Å². The second-order valence-corrected chi connectivity index (χ2v) is 3.85. The van der Waals surface area contributed by atoms with Gasteiger partial charge in [0.1, 0.15) is 18.1 Å². The van der Waals surface area contributed by atoms with E-state index in [2.05, 4.69) is 23.2 Å². The largest absolute Gasteiger partial charge is 0.497 e. The predicted molar refractivity (Wildman–Crippen MR) is 77.2 cm³/mol. The molecular formula is C15H19NO4. The van der Waals surface area contributed by atoms with Gasteiger partial charge in [0.15, 0.2) is 0 Å². The maximum Gasteiger partial charge on any atom is 0.407 e. The van der Waals surface area contributed by atoms with Crippen LogP contribution in [0.15, 0.2) is 43.5 Å². The van der Waals surface area contributed by atoms with Gasteiger partial charge in [-0.15, -0.1) is 6.58 Å². The fraction of sp³-hybridized carbons (Fsp3) is 0.267. The molecule has 5 nitrogen and oxygen atoms in total. The van der Waals surface area contributed by atoms with Crippen LogP contribution in [0.1, 0.15) is 11.6 Å². The number of amides is 1. The summed E-state index contributed by atoms with van der Waals surface area (Å²) in [4.78, 5) is 11.3. The van der Waals surface area contributed by atoms with Gasteiger partial charge < -0.3 is 19.5 Å². The van der Waals surface area contributed by atoms with Crippen LogP contribution in [0, 0.1) is 0 Å². The van der Waals surface area contributed by atoms with E-state index in [-0.39, 0.29) is 0 Å². The lowest BCUT2D eigenvalue weighted by Crippen LogP contribution is -2.27. The topological polar surface area (TPSA) is 56.8 Å². The Kier molecular flexibility index (Phi) is 6.16. The lowest BCUT2D eigenvalue weighted by atomic mass is 10.1. The number of rotatable bonds is 7. The van der Waals surface area contributed by atoms with Crippen LogP contribution in [0.4, 0.5) is 4.79 Å². The van der Waals surface area contributed by atoms with Crippen LogP contribution >= 0.6 is 0 Å². The molecule has 0 saturated carbocycles. The van der Waals surface area contributed by atoms with Crippen LogP contribution in [0.25, 0.3) is 0 Å². The van der Waals surface area contributed by atoms with E-state index in [1.165, 1.54) is 7.11 Å². The number of ether oxygens (including phenoxy) is 3. The van der Waals surface area contributed by atoms with Crippen LogP contribution in [0.5, 0.6) is 11.5 Å². The zero-order chi connectivity index (χ0) is 15.0. The molecule has 20 heavy (non-hydrogen) atoms. The van der Waals surface area contributed by atoms with E-state index in [4.69, 9.17) is 9.47 Å². The van der Waals surface area contributed by atoms with E-state index in [0.29, 0.717) is 18.1 Å². The fourth-order valence-electron chi connectivity index (χ4n) is 1.62. The van der Waals surface area contributed by atoms with Crippen LogP contribution in [-0.4, -0.2) is 26.9 Å². The predicted octanol–water partition coefficient (Wildman–Crippen LogP) is 2.84. The van der Waals surface area contributed by atoms with Crippen molar-refractivity contribution >= 4 is 6.09 Å². The molecule has 1 amide bonds. The lowest BCUT2D eigenvalue weighted by molar-refractivity contribution is 0.168. The van der Waals surface area contributed by atoms with Gasteiger partial charge in [0.25, 0.3) is 0 Å². The maximum atomic E-state index is 11.3. The van der Waals surface area contributed by atoms with Gasteiger partial charge in [-0.25, -0.2) is 4.79 Å². The molecule has 0 spiro atoms. The molecule has 0 bridgehead atoms. The molecule has 1 unspecified atom stereocenters. The van der Waals surface area contributed by atoms with E-state index >= 15 is 0 Å². The minimum atomic E-state index is -0.541. The van der Waals surface area contributed by atoms with Gasteiger partial charge in [-0.2, -0.15) is 0 Å². The van der Waals surface area contributed by atoms with E-state index in [9.17, 15) is 4.79 Å². The van der Waals surface area contributed by atoms with Crippen molar-refractivity contribution in [3.63, 3.8) is 0 Å². The van der Waals surface area contributed by atoms with E-state index < -0.39 is 12.1 Å². The summed E-state index contributed by atoms with van der Waals surface area (Å²) in [5.74, 6) is 1.25. The second kappa shape index (κ2) is 7.89. The molecule has 1 rings (SSSR count). The Hall–Kier alpha value is -2.43. The van der Waals surface area contributed by atoms with Crippen molar-refractivity contribution in [3.05, 3.63) is 49.1 Å². The Morgan fingerprint density at radius 1 is 1.40 bits per heavy atom. The molecule has 0 aliphatic rings. The quantitative estimate of drug-likeness (QED) is 0.779.